The highest BCUT2D eigenvalue weighted by atomic mass is 32.2. The van der Waals surface area contributed by atoms with Crippen molar-refractivity contribution in [2.75, 3.05) is 34.2 Å². The van der Waals surface area contributed by atoms with E-state index >= 15 is 0 Å². The van der Waals surface area contributed by atoms with Crippen molar-refractivity contribution in [3.8, 4) is 0 Å². The lowest BCUT2D eigenvalue weighted by atomic mass is 10.3. The van der Waals surface area contributed by atoms with Crippen LogP contribution in [0.15, 0.2) is 10.3 Å². The van der Waals surface area contributed by atoms with Gasteiger partial charge < -0.3 is 10.2 Å². The van der Waals surface area contributed by atoms with Crippen molar-refractivity contribution in [3.05, 3.63) is 15.8 Å². The first-order valence-corrected chi connectivity index (χ1v) is 9.10. The van der Waals surface area contributed by atoms with Crippen molar-refractivity contribution in [3.63, 3.8) is 0 Å². The van der Waals surface area contributed by atoms with Crippen LogP contribution in [0.3, 0.4) is 0 Å². The van der Waals surface area contributed by atoms with E-state index in [-0.39, 0.29) is 0 Å². The standard InChI is InChI=1S/C13H25N3O2S2/c1-11-10-19-12(9-14-2)13(11)20(17,18)15-7-5-6-8-16(3)4/h10,14-15H,5-9H2,1-4H3. The first kappa shape index (κ1) is 17.6. The van der Waals surface area contributed by atoms with Crippen molar-refractivity contribution in [1.29, 1.82) is 0 Å². The fraction of sp³-hybridized carbons (Fsp3) is 0.692. The first-order chi connectivity index (χ1) is 9.38. The summed E-state index contributed by atoms with van der Waals surface area (Å²) in [5.74, 6) is 0. The van der Waals surface area contributed by atoms with Gasteiger partial charge in [-0.05, 0) is 58.4 Å². The van der Waals surface area contributed by atoms with Crippen LogP contribution < -0.4 is 10.0 Å². The minimum Gasteiger partial charge on any atom is -0.315 e. The molecule has 1 aromatic heterocycles. The van der Waals surface area contributed by atoms with Gasteiger partial charge in [-0.3, -0.25) is 0 Å². The number of sulfonamides is 1. The van der Waals surface area contributed by atoms with Gasteiger partial charge in [-0.2, -0.15) is 0 Å². The summed E-state index contributed by atoms with van der Waals surface area (Å²) in [4.78, 5) is 3.41. The molecule has 116 valence electrons. The number of hydrogen-bond donors (Lipinski definition) is 2. The Kier molecular flexibility index (Phi) is 7.11. The molecule has 0 unspecified atom stereocenters. The zero-order chi connectivity index (χ0) is 15.2. The summed E-state index contributed by atoms with van der Waals surface area (Å²) in [7, 11) is 2.46. The van der Waals surface area contributed by atoms with Crippen LogP contribution in [0, 0.1) is 6.92 Å². The molecule has 0 amide bonds. The highest BCUT2D eigenvalue weighted by Gasteiger charge is 2.21. The quantitative estimate of drug-likeness (QED) is 0.675. The molecule has 5 nitrogen and oxygen atoms in total. The van der Waals surface area contributed by atoms with E-state index in [2.05, 4.69) is 14.9 Å². The molecule has 0 saturated carbocycles. The largest absolute Gasteiger partial charge is 0.315 e. The van der Waals surface area contributed by atoms with Gasteiger partial charge in [0.2, 0.25) is 10.0 Å². The van der Waals surface area contributed by atoms with Crippen LogP contribution in [0.4, 0.5) is 0 Å². The number of hydrogen-bond acceptors (Lipinski definition) is 5. The van der Waals surface area contributed by atoms with Gasteiger partial charge in [0.05, 0.1) is 0 Å². The fourth-order valence-corrected chi connectivity index (χ4v) is 4.86. The molecule has 20 heavy (non-hydrogen) atoms. The zero-order valence-electron chi connectivity index (χ0n) is 12.7. The third-order valence-electron chi connectivity index (χ3n) is 2.92. The maximum Gasteiger partial charge on any atom is 0.241 e. The molecule has 1 aromatic rings. The molecule has 1 rings (SSSR count). The van der Waals surface area contributed by atoms with Gasteiger partial charge in [-0.25, -0.2) is 13.1 Å². The van der Waals surface area contributed by atoms with Gasteiger partial charge in [0.25, 0.3) is 0 Å². The Morgan fingerprint density at radius 2 is 2.00 bits per heavy atom. The molecule has 2 N–H and O–H groups in total. The average molecular weight is 319 g/mol. The van der Waals surface area contributed by atoms with Gasteiger partial charge >= 0.3 is 0 Å². The molecule has 1 heterocycles. The Balaban J connectivity index is 2.62. The summed E-state index contributed by atoms with van der Waals surface area (Å²) in [6.45, 7) is 3.89. The lowest BCUT2D eigenvalue weighted by Crippen LogP contribution is -2.27. The summed E-state index contributed by atoms with van der Waals surface area (Å²) < 4.78 is 27.4. The van der Waals surface area contributed by atoms with Crippen molar-refractivity contribution < 1.29 is 8.42 Å². The number of rotatable bonds is 9. The molecule has 0 aliphatic heterocycles. The fourth-order valence-electron chi connectivity index (χ4n) is 1.96. The lowest BCUT2D eigenvalue weighted by molar-refractivity contribution is 0.394. The summed E-state index contributed by atoms with van der Waals surface area (Å²) in [5, 5.41) is 4.91. The van der Waals surface area contributed by atoms with Crippen LogP contribution in [-0.4, -0.2) is 47.6 Å². The Morgan fingerprint density at radius 3 is 2.60 bits per heavy atom. The third kappa shape index (κ3) is 5.14. The highest BCUT2D eigenvalue weighted by Crippen LogP contribution is 2.26. The topological polar surface area (TPSA) is 61.4 Å². The molecule has 0 spiro atoms. The Labute approximate surface area is 126 Å². The molecule has 0 fully saturated rings. The predicted molar refractivity (Wildman–Crippen MR) is 84.8 cm³/mol. The summed E-state index contributed by atoms with van der Waals surface area (Å²) >= 11 is 1.49. The van der Waals surface area contributed by atoms with E-state index < -0.39 is 10.0 Å². The number of unbranched alkanes of at least 4 members (excludes halogenated alkanes) is 1. The molecule has 0 aliphatic rings. The van der Waals surface area contributed by atoms with E-state index in [0.717, 1.165) is 29.8 Å². The minimum atomic E-state index is -3.39. The molecular formula is C13H25N3O2S2. The zero-order valence-corrected chi connectivity index (χ0v) is 14.3. The van der Waals surface area contributed by atoms with Gasteiger partial charge in [0.1, 0.15) is 4.90 Å². The second-order valence-corrected chi connectivity index (χ2v) is 7.78. The molecule has 0 aromatic carbocycles. The average Bonchev–Trinajstić information content (AvgIpc) is 2.71. The van der Waals surface area contributed by atoms with E-state index in [0.29, 0.717) is 18.0 Å². The van der Waals surface area contributed by atoms with E-state index in [4.69, 9.17) is 0 Å². The van der Waals surface area contributed by atoms with E-state index in [1.807, 2.05) is 33.4 Å². The van der Waals surface area contributed by atoms with Gasteiger partial charge in [-0.1, -0.05) is 0 Å². The molecule has 0 atom stereocenters. The normalized spacial score (nSPS) is 12.2. The van der Waals surface area contributed by atoms with E-state index in [9.17, 15) is 8.42 Å². The molecule has 7 heteroatoms. The number of nitrogens with zero attached hydrogens (tertiary/aromatic N) is 1. The van der Waals surface area contributed by atoms with Crippen LogP contribution in [-0.2, 0) is 16.6 Å². The molecule has 0 bridgehead atoms. The smallest absolute Gasteiger partial charge is 0.241 e. The van der Waals surface area contributed by atoms with Crippen molar-refractivity contribution in [2.45, 2.75) is 31.2 Å². The molecule has 0 radical (unpaired) electrons. The minimum absolute atomic E-state index is 0.449. The maximum absolute atomic E-state index is 12.4. The van der Waals surface area contributed by atoms with Crippen LogP contribution in [0.5, 0.6) is 0 Å². The number of aryl methyl sites for hydroxylation is 1. The maximum atomic E-state index is 12.4. The highest BCUT2D eigenvalue weighted by molar-refractivity contribution is 7.89. The van der Waals surface area contributed by atoms with Crippen LogP contribution >= 0.6 is 11.3 Å². The molecule has 0 aliphatic carbocycles. The monoisotopic (exact) mass is 319 g/mol. The van der Waals surface area contributed by atoms with E-state index in [1.165, 1.54) is 11.3 Å². The van der Waals surface area contributed by atoms with Crippen LogP contribution in [0.25, 0.3) is 0 Å². The Bertz CT molecular complexity index is 510. The Hall–Kier alpha value is -0.470. The van der Waals surface area contributed by atoms with E-state index in [1.54, 1.807) is 0 Å². The molecule has 0 saturated heterocycles. The first-order valence-electron chi connectivity index (χ1n) is 6.74. The van der Waals surface area contributed by atoms with Crippen molar-refractivity contribution in [1.82, 2.24) is 14.9 Å². The number of nitrogens with one attached hydrogen (secondary N) is 2. The number of thiophene rings is 1. The van der Waals surface area contributed by atoms with Crippen molar-refractivity contribution >= 4 is 21.4 Å². The summed E-state index contributed by atoms with van der Waals surface area (Å²) in [5.41, 5.74) is 0.820. The SMILES string of the molecule is CNCc1scc(C)c1S(=O)(=O)NCCCCN(C)C. The summed E-state index contributed by atoms with van der Waals surface area (Å²) in [6, 6.07) is 0. The second kappa shape index (κ2) is 8.09. The van der Waals surface area contributed by atoms with Gasteiger partial charge in [0, 0.05) is 18.0 Å². The van der Waals surface area contributed by atoms with Crippen molar-refractivity contribution in [2.24, 2.45) is 0 Å². The molecular weight excluding hydrogens is 294 g/mol. The second-order valence-electron chi connectivity index (χ2n) is 5.11. The predicted octanol–water partition coefficient (Wildman–Crippen LogP) is 1.40. The Morgan fingerprint density at radius 1 is 1.30 bits per heavy atom. The summed E-state index contributed by atoms with van der Waals surface area (Å²) in [6.07, 6.45) is 1.84. The van der Waals surface area contributed by atoms with Gasteiger partial charge in [0.15, 0.2) is 0 Å². The van der Waals surface area contributed by atoms with Crippen LogP contribution in [0.1, 0.15) is 23.3 Å². The lowest BCUT2D eigenvalue weighted by Gasteiger charge is -2.11. The third-order valence-corrected chi connectivity index (χ3v) is 5.84. The van der Waals surface area contributed by atoms with Gasteiger partial charge in [-0.15, -0.1) is 11.3 Å². The van der Waals surface area contributed by atoms with Crippen LogP contribution in [0.2, 0.25) is 0 Å².